The summed E-state index contributed by atoms with van der Waals surface area (Å²) in [5.41, 5.74) is 1.32. The van der Waals surface area contributed by atoms with Crippen molar-refractivity contribution in [3.8, 4) is 11.5 Å². The molecule has 0 aromatic heterocycles. The second-order valence-electron chi connectivity index (χ2n) is 5.64. The van der Waals surface area contributed by atoms with Gasteiger partial charge < -0.3 is 9.64 Å². The van der Waals surface area contributed by atoms with Gasteiger partial charge in [-0.3, -0.25) is 0 Å². The topological polar surface area (TPSA) is 12.5 Å². The Morgan fingerprint density at radius 1 is 1.00 bits per heavy atom. The maximum absolute atomic E-state index is 6.13. The first-order valence-electron chi connectivity index (χ1n) is 7.41. The molecule has 0 saturated carbocycles. The van der Waals surface area contributed by atoms with Crippen molar-refractivity contribution in [3.05, 3.63) is 54.1 Å². The maximum atomic E-state index is 6.13. The Hall–Kier alpha value is -1.45. The van der Waals surface area contributed by atoms with E-state index in [1.807, 2.05) is 23.9 Å². The van der Waals surface area contributed by atoms with E-state index in [-0.39, 0.29) is 0 Å². The van der Waals surface area contributed by atoms with Crippen LogP contribution in [0, 0.1) is 0 Å². The molecule has 2 aromatic rings. The Morgan fingerprint density at radius 2 is 1.71 bits per heavy atom. The molecule has 0 N–H and O–H groups in total. The normalized spacial score (nSPS) is 16.8. The van der Waals surface area contributed by atoms with E-state index in [9.17, 15) is 0 Å². The average Bonchev–Trinajstić information content (AvgIpc) is 2.63. The highest BCUT2D eigenvalue weighted by molar-refractivity contribution is 7.99. The van der Waals surface area contributed by atoms with Gasteiger partial charge in [0.05, 0.1) is 4.90 Å². The molecule has 0 fully saturated rings. The number of benzene rings is 2. The molecular weight excluding hydrogens is 278 g/mol. The third-order valence-electron chi connectivity index (χ3n) is 3.68. The van der Waals surface area contributed by atoms with E-state index in [0.29, 0.717) is 5.25 Å². The van der Waals surface area contributed by atoms with Crippen LogP contribution in [-0.2, 0) is 0 Å². The van der Waals surface area contributed by atoms with Crippen LogP contribution in [0.3, 0.4) is 0 Å². The zero-order chi connectivity index (χ0) is 14.7. The molecule has 1 heterocycles. The largest absolute Gasteiger partial charge is 0.456 e. The summed E-state index contributed by atoms with van der Waals surface area (Å²) in [6.45, 7) is 1.13. The lowest BCUT2D eigenvalue weighted by Gasteiger charge is -2.17. The maximum Gasteiger partial charge on any atom is 0.141 e. The lowest BCUT2D eigenvalue weighted by molar-refractivity contribution is 0.393. The Balaban J connectivity index is 1.88. The van der Waals surface area contributed by atoms with Crippen molar-refractivity contribution in [2.45, 2.75) is 23.0 Å². The quantitative estimate of drug-likeness (QED) is 0.791. The van der Waals surface area contributed by atoms with E-state index in [1.165, 1.54) is 16.9 Å². The Morgan fingerprint density at radius 3 is 2.52 bits per heavy atom. The predicted octanol–water partition coefficient (Wildman–Crippen LogP) is 4.97. The standard InChI is InChI=1S/C18H21NOS/c1-19(2)13-7-12-17-14-8-3-4-9-15(14)20-16-10-5-6-11-18(16)21-17/h3-6,8-11,17H,7,12-13H2,1-2H3. The summed E-state index contributed by atoms with van der Waals surface area (Å²) in [6, 6.07) is 16.8. The van der Waals surface area contributed by atoms with E-state index in [1.54, 1.807) is 0 Å². The number of rotatable bonds is 4. The minimum atomic E-state index is 0.463. The van der Waals surface area contributed by atoms with Crippen LogP contribution in [0.2, 0.25) is 0 Å². The van der Waals surface area contributed by atoms with E-state index >= 15 is 0 Å². The zero-order valence-corrected chi connectivity index (χ0v) is 13.4. The van der Waals surface area contributed by atoms with E-state index in [4.69, 9.17) is 4.74 Å². The van der Waals surface area contributed by atoms with Crippen molar-refractivity contribution in [3.63, 3.8) is 0 Å². The fraction of sp³-hybridized carbons (Fsp3) is 0.333. The van der Waals surface area contributed by atoms with Gasteiger partial charge in [-0.25, -0.2) is 0 Å². The second kappa shape index (κ2) is 6.54. The van der Waals surface area contributed by atoms with Crippen LogP contribution in [0.4, 0.5) is 0 Å². The molecule has 0 spiro atoms. The lowest BCUT2D eigenvalue weighted by Crippen LogP contribution is -2.13. The second-order valence-corrected chi connectivity index (χ2v) is 6.88. The Labute approximate surface area is 131 Å². The molecule has 0 bridgehead atoms. The van der Waals surface area contributed by atoms with Gasteiger partial charge in [0.15, 0.2) is 0 Å². The number of ether oxygens (including phenoxy) is 1. The van der Waals surface area contributed by atoms with Crippen LogP contribution < -0.4 is 4.74 Å². The van der Waals surface area contributed by atoms with Crippen molar-refractivity contribution in [1.82, 2.24) is 4.90 Å². The van der Waals surface area contributed by atoms with Gasteiger partial charge >= 0.3 is 0 Å². The molecule has 1 atom stereocenters. The number of hydrogen-bond donors (Lipinski definition) is 0. The summed E-state index contributed by atoms with van der Waals surface area (Å²) in [6.07, 6.45) is 2.36. The van der Waals surface area contributed by atoms with E-state index in [0.717, 1.165) is 24.5 Å². The number of hydrogen-bond acceptors (Lipinski definition) is 3. The van der Waals surface area contributed by atoms with Crippen molar-refractivity contribution < 1.29 is 4.74 Å². The molecule has 1 aliphatic heterocycles. The number of thioether (sulfide) groups is 1. The van der Waals surface area contributed by atoms with Gasteiger partial charge in [0.2, 0.25) is 0 Å². The number of fused-ring (bicyclic) bond motifs is 2. The molecule has 21 heavy (non-hydrogen) atoms. The van der Waals surface area contributed by atoms with Gasteiger partial charge in [-0.15, -0.1) is 11.8 Å². The van der Waals surface area contributed by atoms with Gasteiger partial charge in [0.25, 0.3) is 0 Å². The first kappa shape index (κ1) is 14.5. The van der Waals surface area contributed by atoms with Gasteiger partial charge in [-0.2, -0.15) is 0 Å². The fourth-order valence-corrected chi connectivity index (χ4v) is 3.91. The predicted molar refractivity (Wildman–Crippen MR) is 89.3 cm³/mol. The van der Waals surface area contributed by atoms with E-state index in [2.05, 4.69) is 55.4 Å². The van der Waals surface area contributed by atoms with Gasteiger partial charge in [0.1, 0.15) is 11.5 Å². The lowest BCUT2D eigenvalue weighted by atomic mass is 10.1. The molecule has 2 nitrogen and oxygen atoms in total. The third-order valence-corrected chi connectivity index (χ3v) is 5.04. The molecule has 110 valence electrons. The number of nitrogens with zero attached hydrogens (tertiary/aromatic N) is 1. The molecule has 1 aliphatic rings. The summed E-state index contributed by atoms with van der Waals surface area (Å²) < 4.78 is 6.13. The Bertz CT molecular complexity index is 612. The summed E-state index contributed by atoms with van der Waals surface area (Å²) in [5, 5.41) is 0.463. The highest BCUT2D eigenvalue weighted by atomic mass is 32.2. The highest BCUT2D eigenvalue weighted by Crippen LogP contribution is 2.49. The van der Waals surface area contributed by atoms with Gasteiger partial charge in [-0.05, 0) is 51.7 Å². The molecule has 0 amide bonds. The minimum absolute atomic E-state index is 0.463. The van der Waals surface area contributed by atoms with E-state index < -0.39 is 0 Å². The van der Waals surface area contributed by atoms with Crippen LogP contribution in [0.15, 0.2) is 53.4 Å². The summed E-state index contributed by atoms with van der Waals surface area (Å²) >= 11 is 1.93. The summed E-state index contributed by atoms with van der Waals surface area (Å²) in [4.78, 5) is 3.49. The smallest absolute Gasteiger partial charge is 0.141 e. The van der Waals surface area contributed by atoms with Crippen molar-refractivity contribution in [1.29, 1.82) is 0 Å². The van der Waals surface area contributed by atoms with Crippen LogP contribution in [0.5, 0.6) is 11.5 Å². The van der Waals surface area contributed by atoms with Crippen molar-refractivity contribution in [2.24, 2.45) is 0 Å². The van der Waals surface area contributed by atoms with Crippen LogP contribution >= 0.6 is 11.8 Å². The zero-order valence-electron chi connectivity index (χ0n) is 12.6. The minimum Gasteiger partial charge on any atom is -0.456 e. The van der Waals surface area contributed by atoms with Crippen LogP contribution in [-0.4, -0.2) is 25.5 Å². The first-order chi connectivity index (χ1) is 10.2. The van der Waals surface area contributed by atoms with Gasteiger partial charge in [-0.1, -0.05) is 30.3 Å². The van der Waals surface area contributed by atoms with Crippen molar-refractivity contribution in [2.75, 3.05) is 20.6 Å². The fourth-order valence-electron chi connectivity index (χ4n) is 2.61. The molecule has 0 saturated heterocycles. The van der Waals surface area contributed by atoms with Crippen LogP contribution in [0.1, 0.15) is 23.7 Å². The molecule has 0 aliphatic carbocycles. The third kappa shape index (κ3) is 3.42. The first-order valence-corrected chi connectivity index (χ1v) is 8.29. The van der Waals surface area contributed by atoms with Gasteiger partial charge in [0, 0.05) is 10.8 Å². The Kier molecular flexibility index (Phi) is 4.51. The molecule has 0 radical (unpaired) electrons. The molecule has 3 rings (SSSR count). The summed E-state index contributed by atoms with van der Waals surface area (Å²) in [5.74, 6) is 1.98. The molecule has 1 unspecified atom stereocenters. The van der Waals surface area contributed by atoms with Crippen LogP contribution in [0.25, 0.3) is 0 Å². The highest BCUT2D eigenvalue weighted by Gasteiger charge is 2.23. The molecule has 2 aromatic carbocycles. The molecular formula is C18H21NOS. The van der Waals surface area contributed by atoms with Crippen molar-refractivity contribution >= 4 is 11.8 Å². The number of para-hydroxylation sites is 2. The monoisotopic (exact) mass is 299 g/mol. The summed E-state index contributed by atoms with van der Waals surface area (Å²) in [7, 11) is 4.26. The SMILES string of the molecule is CN(C)CCCC1Sc2ccccc2Oc2ccccc21. The average molecular weight is 299 g/mol. The molecule has 3 heteroatoms.